The Morgan fingerprint density at radius 1 is 1.30 bits per heavy atom. The second kappa shape index (κ2) is 5.45. The first kappa shape index (κ1) is 12.8. The fraction of sp³-hybridized carbons (Fsp3) is 0.400. The van der Waals surface area contributed by atoms with Gasteiger partial charge in [-0.1, -0.05) is 6.07 Å². The van der Waals surface area contributed by atoms with E-state index in [2.05, 4.69) is 15.3 Å². The Bertz CT molecular complexity index is 603. The number of rotatable bonds is 2. The van der Waals surface area contributed by atoms with Gasteiger partial charge >= 0.3 is 0 Å². The Kier molecular flexibility index (Phi) is 3.50. The van der Waals surface area contributed by atoms with E-state index < -0.39 is 0 Å². The van der Waals surface area contributed by atoms with Crippen molar-refractivity contribution in [3.8, 4) is 11.5 Å². The van der Waals surface area contributed by atoms with Crippen molar-refractivity contribution < 1.29 is 4.79 Å². The third-order valence-corrected chi connectivity index (χ3v) is 3.65. The van der Waals surface area contributed by atoms with Crippen LogP contribution in [0.15, 0.2) is 30.7 Å². The van der Waals surface area contributed by atoms with Gasteiger partial charge in [0.25, 0.3) is 0 Å². The summed E-state index contributed by atoms with van der Waals surface area (Å²) in [6.07, 6.45) is 8.35. The monoisotopic (exact) mass is 270 g/mol. The van der Waals surface area contributed by atoms with Crippen molar-refractivity contribution in [1.29, 1.82) is 0 Å². The molecule has 2 aromatic heterocycles. The van der Waals surface area contributed by atoms with Crippen molar-refractivity contribution in [2.75, 3.05) is 6.54 Å². The normalized spacial score (nSPS) is 19.4. The van der Waals surface area contributed by atoms with Crippen LogP contribution in [0, 0.1) is 6.92 Å². The first-order valence-corrected chi connectivity index (χ1v) is 6.99. The molecule has 2 aromatic rings. The Morgan fingerprint density at radius 2 is 2.20 bits per heavy atom. The molecule has 3 rings (SSSR count). The third kappa shape index (κ3) is 2.43. The van der Waals surface area contributed by atoms with Gasteiger partial charge in [-0.15, -0.1) is 0 Å². The van der Waals surface area contributed by atoms with E-state index in [1.807, 2.05) is 36.0 Å². The van der Waals surface area contributed by atoms with Gasteiger partial charge in [-0.2, -0.15) is 0 Å². The van der Waals surface area contributed by atoms with Crippen LogP contribution in [0.25, 0.3) is 11.5 Å². The van der Waals surface area contributed by atoms with Gasteiger partial charge in [-0.05, 0) is 37.8 Å². The summed E-state index contributed by atoms with van der Waals surface area (Å²) in [7, 11) is 0. The van der Waals surface area contributed by atoms with Crippen molar-refractivity contribution in [3.63, 3.8) is 0 Å². The summed E-state index contributed by atoms with van der Waals surface area (Å²) in [5.74, 6) is 0.834. The van der Waals surface area contributed by atoms with Crippen LogP contribution in [-0.4, -0.2) is 27.0 Å². The molecule has 1 amide bonds. The first-order valence-electron chi connectivity index (χ1n) is 6.99. The fourth-order valence-electron chi connectivity index (χ4n) is 2.55. The number of aryl methyl sites for hydroxylation is 1. The standard InChI is InChI=1S/C15H18N4O/c1-11-5-6-12(18-10-11)14-16-8-9-19(14)13-4-2-3-7-17-15(13)20/h5-6,8-10,13H,2-4,7H2,1H3,(H,17,20)/t13-/m0/s1. The number of hydrogen-bond acceptors (Lipinski definition) is 3. The van der Waals surface area contributed by atoms with E-state index in [1.54, 1.807) is 6.20 Å². The molecule has 0 unspecified atom stereocenters. The lowest BCUT2D eigenvalue weighted by molar-refractivity contribution is -0.124. The summed E-state index contributed by atoms with van der Waals surface area (Å²) < 4.78 is 1.94. The van der Waals surface area contributed by atoms with E-state index >= 15 is 0 Å². The number of nitrogens with zero attached hydrogens (tertiary/aromatic N) is 3. The Labute approximate surface area is 118 Å². The summed E-state index contributed by atoms with van der Waals surface area (Å²) in [6.45, 7) is 2.77. The fourth-order valence-corrected chi connectivity index (χ4v) is 2.55. The highest BCUT2D eigenvalue weighted by Gasteiger charge is 2.24. The lowest BCUT2D eigenvalue weighted by Crippen LogP contribution is -2.30. The molecule has 3 heterocycles. The van der Waals surface area contributed by atoms with E-state index in [0.29, 0.717) is 0 Å². The third-order valence-electron chi connectivity index (χ3n) is 3.65. The Morgan fingerprint density at radius 3 is 3.00 bits per heavy atom. The summed E-state index contributed by atoms with van der Waals surface area (Å²) >= 11 is 0. The molecule has 5 nitrogen and oxygen atoms in total. The predicted molar refractivity (Wildman–Crippen MR) is 76.1 cm³/mol. The summed E-state index contributed by atoms with van der Waals surface area (Å²) in [4.78, 5) is 21.0. The number of carbonyl (C=O) groups excluding carboxylic acids is 1. The minimum absolute atomic E-state index is 0.0776. The zero-order valence-corrected chi connectivity index (χ0v) is 11.5. The van der Waals surface area contributed by atoms with Crippen molar-refractivity contribution in [3.05, 3.63) is 36.3 Å². The maximum atomic E-state index is 12.2. The minimum atomic E-state index is -0.182. The molecule has 104 valence electrons. The molecule has 1 aliphatic rings. The minimum Gasteiger partial charge on any atom is -0.354 e. The highest BCUT2D eigenvalue weighted by Crippen LogP contribution is 2.24. The Hall–Kier alpha value is -2.17. The molecular weight excluding hydrogens is 252 g/mol. The zero-order valence-electron chi connectivity index (χ0n) is 11.5. The van der Waals surface area contributed by atoms with Crippen LogP contribution in [0.3, 0.4) is 0 Å². The second-order valence-electron chi connectivity index (χ2n) is 5.18. The molecule has 0 saturated carbocycles. The van der Waals surface area contributed by atoms with E-state index in [9.17, 15) is 4.79 Å². The lowest BCUT2D eigenvalue weighted by atomic mass is 10.1. The maximum Gasteiger partial charge on any atom is 0.243 e. The molecule has 5 heteroatoms. The van der Waals surface area contributed by atoms with Gasteiger partial charge in [0.05, 0.1) is 0 Å². The maximum absolute atomic E-state index is 12.2. The summed E-state index contributed by atoms with van der Waals surface area (Å²) in [6, 6.07) is 3.77. The first-order chi connectivity index (χ1) is 9.75. The molecule has 20 heavy (non-hydrogen) atoms. The van der Waals surface area contributed by atoms with Gasteiger partial charge in [0, 0.05) is 25.1 Å². The van der Waals surface area contributed by atoms with Crippen LogP contribution in [-0.2, 0) is 4.79 Å². The number of imidazole rings is 1. The van der Waals surface area contributed by atoms with Crippen LogP contribution in [0.4, 0.5) is 0 Å². The van der Waals surface area contributed by atoms with Crippen molar-refractivity contribution in [1.82, 2.24) is 19.9 Å². The number of aromatic nitrogens is 3. The molecule has 1 atom stereocenters. The average Bonchev–Trinajstić information content (AvgIpc) is 2.83. The van der Waals surface area contributed by atoms with Crippen LogP contribution < -0.4 is 5.32 Å². The quantitative estimate of drug-likeness (QED) is 0.909. The second-order valence-corrected chi connectivity index (χ2v) is 5.18. The number of amides is 1. The topological polar surface area (TPSA) is 59.8 Å². The number of hydrogen-bond donors (Lipinski definition) is 1. The molecule has 1 fully saturated rings. The Balaban J connectivity index is 1.96. The van der Waals surface area contributed by atoms with Crippen LogP contribution in [0.2, 0.25) is 0 Å². The van der Waals surface area contributed by atoms with Crippen molar-refractivity contribution >= 4 is 5.91 Å². The molecular formula is C15H18N4O. The van der Waals surface area contributed by atoms with Crippen LogP contribution in [0.1, 0.15) is 30.9 Å². The summed E-state index contributed by atoms with van der Waals surface area (Å²) in [5, 5.41) is 2.96. The number of pyridine rings is 1. The van der Waals surface area contributed by atoms with Gasteiger partial charge in [0.1, 0.15) is 11.7 Å². The summed E-state index contributed by atoms with van der Waals surface area (Å²) in [5.41, 5.74) is 1.91. The molecule has 0 spiro atoms. The molecule has 0 aliphatic carbocycles. The number of nitrogens with one attached hydrogen (secondary N) is 1. The number of carbonyl (C=O) groups is 1. The average molecular weight is 270 g/mol. The van der Waals surface area contributed by atoms with E-state index in [-0.39, 0.29) is 11.9 Å². The predicted octanol–water partition coefficient (Wildman–Crippen LogP) is 2.09. The van der Waals surface area contributed by atoms with Gasteiger partial charge in [0.2, 0.25) is 5.91 Å². The van der Waals surface area contributed by atoms with Crippen molar-refractivity contribution in [2.24, 2.45) is 0 Å². The van der Waals surface area contributed by atoms with Crippen molar-refractivity contribution in [2.45, 2.75) is 32.2 Å². The van der Waals surface area contributed by atoms with Gasteiger partial charge in [-0.3, -0.25) is 9.78 Å². The van der Waals surface area contributed by atoms with Crippen LogP contribution in [0.5, 0.6) is 0 Å². The highest BCUT2D eigenvalue weighted by atomic mass is 16.2. The molecule has 0 radical (unpaired) electrons. The van der Waals surface area contributed by atoms with E-state index in [0.717, 1.165) is 42.9 Å². The largest absolute Gasteiger partial charge is 0.354 e. The molecule has 1 aliphatic heterocycles. The molecule has 1 saturated heterocycles. The molecule has 0 aromatic carbocycles. The van der Waals surface area contributed by atoms with Crippen LogP contribution >= 0.6 is 0 Å². The van der Waals surface area contributed by atoms with Gasteiger partial charge in [-0.25, -0.2) is 4.98 Å². The smallest absolute Gasteiger partial charge is 0.243 e. The van der Waals surface area contributed by atoms with E-state index in [1.165, 1.54) is 0 Å². The SMILES string of the molecule is Cc1ccc(-c2nccn2[C@H]2CCCCNC2=O)nc1. The highest BCUT2D eigenvalue weighted by molar-refractivity contribution is 5.81. The lowest BCUT2D eigenvalue weighted by Gasteiger charge is -2.17. The van der Waals surface area contributed by atoms with Gasteiger partial charge in [0.15, 0.2) is 5.82 Å². The molecule has 1 N–H and O–H groups in total. The zero-order chi connectivity index (χ0) is 13.9. The van der Waals surface area contributed by atoms with E-state index in [4.69, 9.17) is 0 Å². The molecule has 0 bridgehead atoms. The van der Waals surface area contributed by atoms with Gasteiger partial charge < -0.3 is 9.88 Å².